The average molecular weight is 381 g/mol. The molecule has 0 bridgehead atoms. The first kappa shape index (κ1) is 13.4. The van der Waals surface area contributed by atoms with Crippen molar-refractivity contribution in [1.29, 1.82) is 0 Å². The molecule has 2 heterocycles. The maximum atomic E-state index is 13.8. The fourth-order valence-electron chi connectivity index (χ4n) is 1.78. The van der Waals surface area contributed by atoms with Gasteiger partial charge in [-0.2, -0.15) is 0 Å². The summed E-state index contributed by atoms with van der Waals surface area (Å²) in [4.78, 5) is 4.10. The summed E-state index contributed by atoms with van der Waals surface area (Å²) in [6, 6.07) is 1.27. The third-order valence-corrected chi connectivity index (χ3v) is 3.55. The van der Waals surface area contributed by atoms with Gasteiger partial charge in [0.25, 0.3) is 0 Å². The van der Waals surface area contributed by atoms with E-state index in [1.165, 1.54) is 16.2 Å². The third-order valence-electron chi connectivity index (χ3n) is 2.51. The molecule has 0 amide bonds. The van der Waals surface area contributed by atoms with Gasteiger partial charge >= 0.3 is 0 Å². The van der Waals surface area contributed by atoms with Crippen LogP contribution in [0.3, 0.4) is 0 Å². The average Bonchev–Trinajstić information content (AvgIpc) is 2.64. The number of aliphatic hydroxyl groups excluding tert-OH is 1. The fraction of sp³-hybridized carbons (Fsp3) is 0.100. The Kier molecular flexibility index (Phi) is 3.97. The fourth-order valence-corrected chi connectivity index (χ4v) is 2.83. The molecular weight excluding hydrogens is 372 g/mol. The standard InChI is InChI=1S/C10H9FIN3O2S/c1-5-8-6(11)2-3-14-10(8)15(18-17-12)9(5)7(16)4-13/h2-4,16H,13H2,1H3/b7-4-. The molecule has 0 aliphatic heterocycles. The van der Waals surface area contributed by atoms with Crippen molar-refractivity contribution in [2.75, 3.05) is 0 Å². The lowest BCUT2D eigenvalue weighted by Crippen LogP contribution is -1.98. The normalized spacial score (nSPS) is 12.3. The van der Waals surface area contributed by atoms with Crippen LogP contribution in [0.5, 0.6) is 0 Å². The van der Waals surface area contributed by atoms with E-state index < -0.39 is 5.82 Å². The molecule has 8 heteroatoms. The van der Waals surface area contributed by atoms with Crippen LogP contribution in [0.15, 0.2) is 18.5 Å². The Hall–Kier alpha value is -1.00. The van der Waals surface area contributed by atoms with Crippen molar-refractivity contribution >= 4 is 52.0 Å². The van der Waals surface area contributed by atoms with Gasteiger partial charge < -0.3 is 10.8 Å². The molecule has 18 heavy (non-hydrogen) atoms. The van der Waals surface area contributed by atoms with Gasteiger partial charge in [0.05, 0.1) is 5.39 Å². The first-order chi connectivity index (χ1) is 8.61. The highest BCUT2D eigenvalue weighted by Crippen LogP contribution is 2.33. The summed E-state index contributed by atoms with van der Waals surface area (Å²) in [5.41, 5.74) is 6.60. The molecule has 0 aromatic carbocycles. The van der Waals surface area contributed by atoms with Crippen molar-refractivity contribution in [2.24, 2.45) is 5.73 Å². The molecule has 0 atom stereocenters. The van der Waals surface area contributed by atoms with Crippen LogP contribution in [0, 0.1) is 12.7 Å². The second kappa shape index (κ2) is 5.33. The minimum atomic E-state index is -0.406. The SMILES string of the molecule is Cc1c(/C(O)=C/N)n(SOI)c2nccc(F)c12. The van der Waals surface area contributed by atoms with Gasteiger partial charge in [-0.05, 0) is 18.6 Å². The molecule has 0 saturated carbocycles. The molecule has 0 unspecified atom stereocenters. The summed E-state index contributed by atoms with van der Waals surface area (Å²) < 4.78 is 20.2. The maximum absolute atomic E-state index is 13.8. The molecule has 3 N–H and O–H groups in total. The number of pyridine rings is 1. The summed E-state index contributed by atoms with van der Waals surface area (Å²) in [6.45, 7) is 1.69. The van der Waals surface area contributed by atoms with Crippen molar-refractivity contribution in [3.63, 3.8) is 0 Å². The highest BCUT2D eigenvalue weighted by Gasteiger charge is 2.21. The minimum Gasteiger partial charge on any atom is -0.504 e. The lowest BCUT2D eigenvalue weighted by molar-refractivity contribution is 0.506. The minimum absolute atomic E-state index is 0.161. The number of fused-ring (bicyclic) bond motifs is 1. The van der Waals surface area contributed by atoms with Crippen molar-refractivity contribution in [3.8, 4) is 0 Å². The van der Waals surface area contributed by atoms with E-state index in [1.807, 2.05) is 0 Å². The van der Waals surface area contributed by atoms with Crippen molar-refractivity contribution in [2.45, 2.75) is 6.92 Å². The first-order valence-electron chi connectivity index (χ1n) is 4.84. The Morgan fingerprint density at radius 3 is 3.06 bits per heavy atom. The zero-order valence-electron chi connectivity index (χ0n) is 9.22. The van der Waals surface area contributed by atoms with Crippen LogP contribution in [0.1, 0.15) is 11.3 Å². The monoisotopic (exact) mass is 381 g/mol. The summed E-state index contributed by atoms with van der Waals surface area (Å²) in [6.07, 6.45) is 2.40. The molecule has 0 spiro atoms. The molecule has 0 fully saturated rings. The summed E-state index contributed by atoms with van der Waals surface area (Å²) in [5, 5.41) is 10.1. The number of aryl methyl sites for hydroxylation is 1. The van der Waals surface area contributed by atoms with E-state index in [2.05, 4.69) is 4.98 Å². The van der Waals surface area contributed by atoms with Crippen molar-refractivity contribution in [1.82, 2.24) is 8.96 Å². The Balaban J connectivity index is 2.87. The molecule has 2 aromatic rings. The van der Waals surface area contributed by atoms with Crippen LogP contribution in [-0.4, -0.2) is 14.1 Å². The van der Waals surface area contributed by atoms with E-state index in [0.717, 1.165) is 18.4 Å². The Bertz CT molecular complexity index is 629. The Labute approximate surface area is 121 Å². The Morgan fingerprint density at radius 1 is 1.72 bits per heavy atom. The number of nitrogens with zero attached hydrogens (tertiary/aromatic N) is 2. The van der Waals surface area contributed by atoms with Gasteiger partial charge in [0.15, 0.2) is 11.4 Å². The Morgan fingerprint density at radius 2 is 2.44 bits per heavy atom. The van der Waals surface area contributed by atoms with Crippen LogP contribution in [0.2, 0.25) is 0 Å². The summed E-state index contributed by atoms with van der Waals surface area (Å²) in [5.74, 6) is -0.567. The number of nitrogens with two attached hydrogens (primary N) is 1. The molecule has 2 rings (SSSR count). The van der Waals surface area contributed by atoms with Crippen molar-refractivity contribution < 1.29 is 12.0 Å². The molecule has 5 nitrogen and oxygen atoms in total. The molecule has 0 radical (unpaired) electrons. The van der Waals surface area contributed by atoms with Gasteiger partial charge in [0.1, 0.15) is 46.7 Å². The van der Waals surface area contributed by atoms with Crippen molar-refractivity contribution in [3.05, 3.63) is 35.5 Å². The largest absolute Gasteiger partial charge is 0.504 e. The molecular formula is C10H9FIN3O2S. The van der Waals surface area contributed by atoms with Gasteiger partial charge in [0.2, 0.25) is 0 Å². The topological polar surface area (TPSA) is 73.3 Å². The zero-order valence-corrected chi connectivity index (χ0v) is 12.2. The number of aromatic nitrogens is 2. The highest BCUT2D eigenvalue weighted by atomic mass is 127. The number of halogens is 2. The molecule has 0 aliphatic rings. The van der Waals surface area contributed by atoms with E-state index in [9.17, 15) is 9.50 Å². The number of hydrogen-bond donors (Lipinski definition) is 2. The highest BCUT2D eigenvalue weighted by molar-refractivity contribution is 14.1. The predicted molar refractivity (Wildman–Crippen MR) is 77.3 cm³/mol. The van der Waals surface area contributed by atoms with Crippen LogP contribution in [0.4, 0.5) is 4.39 Å². The first-order valence-corrected chi connectivity index (χ1v) is 6.42. The number of hydrogen-bond acceptors (Lipinski definition) is 5. The smallest absolute Gasteiger partial charge is 0.156 e. The summed E-state index contributed by atoms with van der Waals surface area (Å²) >= 11 is 2.60. The molecule has 0 saturated heterocycles. The second-order valence-corrected chi connectivity index (χ2v) is 5.17. The van der Waals surface area contributed by atoms with Gasteiger partial charge in [0, 0.05) is 12.4 Å². The van der Waals surface area contributed by atoms with E-state index in [0.29, 0.717) is 22.3 Å². The van der Waals surface area contributed by atoms with Crippen LogP contribution < -0.4 is 5.73 Å². The number of rotatable bonds is 3. The quantitative estimate of drug-likeness (QED) is 0.486. The molecule has 2 aromatic heterocycles. The van der Waals surface area contributed by atoms with Crippen LogP contribution in [-0.2, 0) is 2.51 Å². The van der Waals surface area contributed by atoms with E-state index in [-0.39, 0.29) is 5.76 Å². The molecule has 0 aliphatic carbocycles. The lowest BCUT2D eigenvalue weighted by atomic mass is 10.1. The lowest BCUT2D eigenvalue weighted by Gasteiger charge is -2.05. The van der Waals surface area contributed by atoms with E-state index in [4.69, 9.17) is 8.25 Å². The third kappa shape index (κ3) is 2.04. The molecule has 96 valence electrons. The van der Waals surface area contributed by atoms with E-state index in [1.54, 1.807) is 29.9 Å². The van der Waals surface area contributed by atoms with Crippen LogP contribution >= 0.6 is 35.2 Å². The van der Waals surface area contributed by atoms with Gasteiger partial charge in [-0.25, -0.2) is 15.9 Å². The summed E-state index contributed by atoms with van der Waals surface area (Å²) in [7, 11) is 0. The predicted octanol–water partition coefficient (Wildman–Crippen LogP) is 3.08. The van der Waals surface area contributed by atoms with Crippen LogP contribution in [0.25, 0.3) is 16.8 Å². The maximum Gasteiger partial charge on any atom is 0.156 e. The van der Waals surface area contributed by atoms with Gasteiger partial charge in [-0.15, -0.1) is 0 Å². The van der Waals surface area contributed by atoms with Gasteiger partial charge in [-0.3, -0.25) is 0 Å². The van der Waals surface area contributed by atoms with E-state index >= 15 is 0 Å². The zero-order chi connectivity index (χ0) is 13.3. The second-order valence-electron chi connectivity index (χ2n) is 3.45. The number of aliphatic hydroxyl groups is 1. The van der Waals surface area contributed by atoms with Gasteiger partial charge in [-0.1, -0.05) is 0 Å².